The first-order valence-electron chi connectivity index (χ1n) is 27.8. The molecule has 0 N–H and O–H groups in total. The summed E-state index contributed by atoms with van der Waals surface area (Å²) < 4.78 is 7.52. The van der Waals surface area contributed by atoms with Crippen molar-refractivity contribution in [1.82, 2.24) is 0 Å². The summed E-state index contributed by atoms with van der Waals surface area (Å²) >= 11 is 0. The summed E-state index contributed by atoms with van der Waals surface area (Å²) in [7, 11) is 0. The maximum Gasteiger partial charge on any atom is 0.132 e. The Balaban J connectivity index is 0.959. The van der Waals surface area contributed by atoms with Crippen molar-refractivity contribution in [2.45, 2.75) is 50.5 Å². The Bertz CT molecular complexity index is 4320. The molecule has 0 amide bonds. The van der Waals surface area contributed by atoms with Gasteiger partial charge in [-0.3, -0.25) is 0 Å². The van der Waals surface area contributed by atoms with Crippen molar-refractivity contribution in [3.63, 3.8) is 0 Å². The fraction of sp³-hybridized carbons (Fsp3) is 0.105. The van der Waals surface area contributed by atoms with E-state index < -0.39 is 10.8 Å². The lowest BCUT2D eigenvalue weighted by Crippen LogP contribution is -2.29. The van der Waals surface area contributed by atoms with Gasteiger partial charge in [0.15, 0.2) is 0 Å². The van der Waals surface area contributed by atoms with E-state index in [2.05, 4.69) is 287 Å². The first-order valence-corrected chi connectivity index (χ1v) is 27.8. The van der Waals surface area contributed by atoms with Gasteiger partial charge in [0.25, 0.3) is 0 Å². The second kappa shape index (κ2) is 17.9. The molecule has 1 heterocycles. The average molecular weight is 1000 g/mol. The molecule has 3 aliphatic rings. The summed E-state index contributed by atoms with van der Waals surface area (Å²) in [6.45, 7) is 6.79. The van der Waals surface area contributed by atoms with Crippen LogP contribution in [0, 0.1) is 0 Å². The van der Waals surface area contributed by atoms with Gasteiger partial charge in [-0.25, -0.2) is 0 Å². The molecular weight excluding hydrogens is 943 g/mol. The Labute approximate surface area is 457 Å². The highest BCUT2D eigenvalue weighted by molar-refractivity contribution is 6.00. The summed E-state index contributed by atoms with van der Waals surface area (Å²) in [5.41, 5.74) is 23.5. The van der Waals surface area contributed by atoms with E-state index in [1.807, 2.05) is 0 Å². The Hall–Kier alpha value is -9.24. The number of nitrogens with zero attached hydrogens (tertiary/aromatic N) is 1. The van der Waals surface area contributed by atoms with Crippen molar-refractivity contribution < 1.29 is 4.74 Å². The van der Waals surface area contributed by atoms with Crippen molar-refractivity contribution in [3.05, 3.63) is 322 Å². The zero-order valence-corrected chi connectivity index (χ0v) is 44.2. The Morgan fingerprint density at radius 1 is 0.359 bits per heavy atom. The molecule has 2 atom stereocenters. The smallest absolute Gasteiger partial charge is 0.132 e. The van der Waals surface area contributed by atoms with E-state index in [4.69, 9.17) is 4.74 Å². The number of ether oxygens (including phenoxy) is 1. The number of para-hydroxylation sites is 2. The molecule has 2 aliphatic carbocycles. The molecule has 15 rings (SSSR count). The maximum absolute atomic E-state index is 7.52. The summed E-state index contributed by atoms with van der Waals surface area (Å²) in [6.07, 6.45) is 1.69. The van der Waals surface area contributed by atoms with Gasteiger partial charge < -0.3 is 9.64 Å². The molecule has 12 aromatic rings. The lowest BCUT2D eigenvalue weighted by atomic mass is 9.65. The van der Waals surface area contributed by atoms with E-state index in [9.17, 15) is 0 Å². The highest BCUT2D eigenvalue weighted by Crippen LogP contribution is 2.63. The van der Waals surface area contributed by atoms with E-state index >= 15 is 0 Å². The van der Waals surface area contributed by atoms with Gasteiger partial charge in [0.2, 0.25) is 0 Å². The van der Waals surface area contributed by atoms with Crippen molar-refractivity contribution in [1.29, 1.82) is 0 Å². The van der Waals surface area contributed by atoms with Crippen LogP contribution in [-0.2, 0) is 23.7 Å². The predicted octanol–water partition coefficient (Wildman–Crippen LogP) is 19.4. The molecule has 0 bridgehead atoms. The molecule has 372 valence electrons. The fourth-order valence-corrected chi connectivity index (χ4v) is 14.6. The van der Waals surface area contributed by atoms with Gasteiger partial charge in [0, 0.05) is 33.5 Å². The minimum absolute atomic E-state index is 0.213. The maximum atomic E-state index is 7.52. The quantitative estimate of drug-likeness (QED) is 0.150. The molecule has 2 nitrogen and oxygen atoms in total. The van der Waals surface area contributed by atoms with Crippen molar-refractivity contribution >= 4 is 38.6 Å². The van der Waals surface area contributed by atoms with Gasteiger partial charge in [-0.1, -0.05) is 238 Å². The summed E-state index contributed by atoms with van der Waals surface area (Å²) in [5.74, 6) is 0.975. The second-order valence-corrected chi connectivity index (χ2v) is 21.5. The van der Waals surface area contributed by atoms with E-state index in [1.165, 1.54) is 105 Å². The fourth-order valence-electron chi connectivity index (χ4n) is 14.6. The molecule has 12 aromatic carbocycles. The minimum atomic E-state index is -0.672. The van der Waals surface area contributed by atoms with Gasteiger partial charge >= 0.3 is 0 Å². The van der Waals surface area contributed by atoms with Gasteiger partial charge in [0.1, 0.15) is 11.9 Å². The predicted molar refractivity (Wildman–Crippen MR) is 324 cm³/mol. The minimum Gasteiger partial charge on any atom is -0.485 e. The number of anilines is 3. The second-order valence-electron chi connectivity index (χ2n) is 21.5. The number of hydrogen-bond donors (Lipinski definition) is 0. The number of rotatable bonds is 8. The van der Waals surface area contributed by atoms with Crippen LogP contribution < -0.4 is 9.64 Å². The number of benzene rings is 12. The molecule has 1 aliphatic heterocycles. The highest BCUT2D eigenvalue weighted by Gasteiger charge is 2.52. The third kappa shape index (κ3) is 6.44. The van der Waals surface area contributed by atoms with Crippen LogP contribution in [0.2, 0.25) is 0 Å². The van der Waals surface area contributed by atoms with Crippen LogP contribution in [0.4, 0.5) is 17.1 Å². The van der Waals surface area contributed by atoms with Gasteiger partial charge in [-0.05, 0) is 150 Å². The topological polar surface area (TPSA) is 12.5 Å². The van der Waals surface area contributed by atoms with Crippen LogP contribution in [0.15, 0.2) is 261 Å². The monoisotopic (exact) mass is 999 g/mol. The number of fused-ring (bicyclic) bond motifs is 16. The number of hydrogen-bond acceptors (Lipinski definition) is 2. The molecule has 78 heavy (non-hydrogen) atoms. The van der Waals surface area contributed by atoms with E-state index in [0.29, 0.717) is 0 Å². The first kappa shape index (κ1) is 46.1. The SMILES string of the molecule is CCc1cccc2c3c(ccc12)C1(c2ccccc2-c2cc(-c4ccccc4N(c4ccccc4)c4cccc(C5(c6ccccc6)c6ccccc6-c6ccccc65)c4)ccc21)c1ccc2c(CC)cccc2c1[C@H](C)O3. The van der Waals surface area contributed by atoms with Gasteiger partial charge in [-0.2, -0.15) is 0 Å². The summed E-state index contributed by atoms with van der Waals surface area (Å²) in [4.78, 5) is 2.47. The van der Waals surface area contributed by atoms with Gasteiger partial charge in [0.05, 0.1) is 16.5 Å². The zero-order chi connectivity index (χ0) is 52.1. The highest BCUT2D eigenvalue weighted by atomic mass is 16.5. The number of aryl methyl sites for hydroxylation is 2. The van der Waals surface area contributed by atoms with Crippen LogP contribution in [0.25, 0.3) is 54.9 Å². The molecule has 0 fully saturated rings. The average Bonchev–Trinajstić information content (AvgIpc) is 2.94. The van der Waals surface area contributed by atoms with Crippen LogP contribution in [0.1, 0.15) is 88.1 Å². The summed E-state index contributed by atoms with van der Waals surface area (Å²) in [6, 6.07) is 98.1. The Morgan fingerprint density at radius 2 is 0.859 bits per heavy atom. The summed E-state index contributed by atoms with van der Waals surface area (Å²) in [5, 5.41) is 4.99. The van der Waals surface area contributed by atoms with Crippen molar-refractivity contribution in [3.8, 4) is 39.1 Å². The largest absolute Gasteiger partial charge is 0.485 e. The molecule has 0 radical (unpaired) electrons. The van der Waals surface area contributed by atoms with Crippen molar-refractivity contribution in [2.24, 2.45) is 0 Å². The van der Waals surface area contributed by atoms with E-state index in [1.54, 1.807) is 0 Å². The lowest BCUT2D eigenvalue weighted by Gasteiger charge is -2.35. The van der Waals surface area contributed by atoms with E-state index in [0.717, 1.165) is 46.8 Å². The normalized spacial score (nSPS) is 16.1. The van der Waals surface area contributed by atoms with Crippen LogP contribution >= 0.6 is 0 Å². The molecular formula is C76H57NO. The molecule has 0 saturated carbocycles. The lowest BCUT2D eigenvalue weighted by molar-refractivity contribution is 0.232. The van der Waals surface area contributed by atoms with Crippen LogP contribution in [-0.4, -0.2) is 0 Å². The molecule has 2 heteroatoms. The molecule has 0 saturated heterocycles. The molecule has 0 aromatic heterocycles. The molecule has 1 unspecified atom stereocenters. The Kier molecular flexibility index (Phi) is 10.6. The molecule has 1 spiro atoms. The van der Waals surface area contributed by atoms with Gasteiger partial charge in [-0.15, -0.1) is 0 Å². The Morgan fingerprint density at radius 3 is 1.54 bits per heavy atom. The zero-order valence-electron chi connectivity index (χ0n) is 44.2. The third-order valence-electron chi connectivity index (χ3n) is 17.8. The van der Waals surface area contributed by atoms with Crippen molar-refractivity contribution in [2.75, 3.05) is 4.90 Å². The van der Waals surface area contributed by atoms with E-state index in [-0.39, 0.29) is 6.10 Å². The third-order valence-corrected chi connectivity index (χ3v) is 17.8. The first-order chi connectivity index (χ1) is 38.5. The van der Waals surface area contributed by atoms with Crippen LogP contribution in [0.5, 0.6) is 5.75 Å². The van der Waals surface area contributed by atoms with Crippen LogP contribution in [0.3, 0.4) is 0 Å². The standard InChI is InChI=1S/C76H57NO/c1-4-50-23-20-35-63-57(50)42-45-70-73(63)49(3)78-74-64-36-21-24-51(5-2)58(64)43-46-71(74)76(70)68-39-18-14-34-62(68)65-47-52(41-44-69(65)76)59-31-15-19-40-72(59)77(55-28-10-7-11-29-55)56-30-22-27-54(48-56)75(53-25-8-6-9-26-53)66-37-16-12-32-60(66)61-33-13-17-38-67(61)75/h6-49H,4-5H2,1-3H3/t49-,76?/m0/s1.